The molecule has 0 bridgehead atoms. The van der Waals surface area contributed by atoms with Crippen LogP contribution in [-0.4, -0.2) is 29.9 Å². The van der Waals surface area contributed by atoms with Gasteiger partial charge in [0, 0.05) is 10.5 Å². The Morgan fingerprint density at radius 3 is 2.47 bits per heavy atom. The molecule has 0 fully saturated rings. The maximum atomic E-state index is 11.2. The van der Waals surface area contributed by atoms with E-state index in [-0.39, 0.29) is 24.5 Å². The number of amides is 1. The van der Waals surface area contributed by atoms with E-state index < -0.39 is 0 Å². The van der Waals surface area contributed by atoms with Crippen LogP contribution in [0.5, 0.6) is 0 Å². The van der Waals surface area contributed by atoms with Crippen molar-refractivity contribution in [3.8, 4) is 0 Å². The van der Waals surface area contributed by atoms with E-state index >= 15 is 0 Å². The van der Waals surface area contributed by atoms with Crippen LogP contribution in [0.3, 0.4) is 0 Å². The van der Waals surface area contributed by atoms with E-state index in [9.17, 15) is 4.79 Å². The number of hydrogen-bond donors (Lipinski definition) is 2. The van der Waals surface area contributed by atoms with Gasteiger partial charge in [0.1, 0.15) is 0 Å². The molecule has 1 aromatic carbocycles. The minimum atomic E-state index is -0.331. The minimum absolute atomic E-state index is 0.0157. The van der Waals surface area contributed by atoms with Crippen LogP contribution in [0.15, 0.2) is 28.7 Å². The van der Waals surface area contributed by atoms with Crippen molar-refractivity contribution >= 4 is 21.8 Å². The highest BCUT2D eigenvalue weighted by atomic mass is 79.9. The first kappa shape index (κ1) is 16.1. The molecule has 0 heterocycles. The quantitative estimate of drug-likeness (QED) is 0.804. The Kier molecular flexibility index (Phi) is 6.48. The number of hydrogen-bond acceptors (Lipinski definition) is 3. The summed E-state index contributed by atoms with van der Waals surface area (Å²) in [5.41, 5.74) is 12.7. The van der Waals surface area contributed by atoms with Crippen molar-refractivity contribution in [2.24, 2.45) is 11.5 Å². The fourth-order valence-electron chi connectivity index (χ4n) is 2.24. The maximum absolute atomic E-state index is 11.2. The van der Waals surface area contributed by atoms with E-state index in [1.807, 2.05) is 43.0 Å². The molecule has 0 aliphatic heterocycles. The van der Waals surface area contributed by atoms with E-state index in [1.165, 1.54) is 0 Å². The van der Waals surface area contributed by atoms with Crippen LogP contribution in [0.1, 0.15) is 31.9 Å². The van der Waals surface area contributed by atoms with E-state index in [4.69, 9.17) is 11.5 Å². The summed E-state index contributed by atoms with van der Waals surface area (Å²) in [6.07, 6.45) is 0.835. The van der Waals surface area contributed by atoms with Gasteiger partial charge in [-0.05, 0) is 24.6 Å². The Labute approximate surface area is 123 Å². The lowest BCUT2D eigenvalue weighted by Gasteiger charge is -2.34. The standard InChI is InChI=1S/C14H22BrN3O/c1-3-12(16)14(18(4-2)9-13(17)19)10-7-5-6-8-11(10)15/h5-8,12,14H,3-4,9,16H2,1-2H3,(H2,17,19). The van der Waals surface area contributed by atoms with Crippen LogP contribution in [-0.2, 0) is 4.79 Å². The normalized spacial score (nSPS) is 14.4. The van der Waals surface area contributed by atoms with Gasteiger partial charge in [0.15, 0.2) is 0 Å². The Balaban J connectivity index is 3.13. The van der Waals surface area contributed by atoms with Gasteiger partial charge in [-0.15, -0.1) is 0 Å². The molecule has 0 aromatic heterocycles. The van der Waals surface area contributed by atoms with E-state index in [1.54, 1.807) is 0 Å². The third-order valence-corrected chi connectivity index (χ3v) is 3.98. The zero-order valence-electron chi connectivity index (χ0n) is 11.5. The van der Waals surface area contributed by atoms with E-state index in [0.717, 1.165) is 23.0 Å². The summed E-state index contributed by atoms with van der Waals surface area (Å²) in [6, 6.07) is 7.91. The zero-order chi connectivity index (χ0) is 14.4. The average Bonchev–Trinajstić information content (AvgIpc) is 2.39. The summed E-state index contributed by atoms with van der Waals surface area (Å²) in [4.78, 5) is 13.3. The molecule has 0 saturated heterocycles. The van der Waals surface area contributed by atoms with Gasteiger partial charge in [-0.25, -0.2) is 0 Å². The average molecular weight is 328 g/mol. The van der Waals surface area contributed by atoms with Crippen molar-refractivity contribution in [3.05, 3.63) is 34.3 Å². The summed E-state index contributed by atoms with van der Waals surface area (Å²) in [5.74, 6) is -0.331. The fraction of sp³-hybridized carbons (Fsp3) is 0.500. The monoisotopic (exact) mass is 327 g/mol. The molecule has 1 aromatic rings. The molecule has 1 rings (SSSR count). The lowest BCUT2D eigenvalue weighted by molar-refractivity contribution is -0.119. The van der Waals surface area contributed by atoms with Gasteiger partial charge in [-0.3, -0.25) is 9.69 Å². The Morgan fingerprint density at radius 1 is 1.37 bits per heavy atom. The van der Waals surface area contributed by atoms with Crippen LogP contribution in [0.25, 0.3) is 0 Å². The lowest BCUT2D eigenvalue weighted by Crippen LogP contribution is -2.44. The number of rotatable bonds is 7. The molecular weight excluding hydrogens is 306 g/mol. The molecule has 0 spiro atoms. The molecule has 4 nitrogen and oxygen atoms in total. The minimum Gasteiger partial charge on any atom is -0.369 e. The number of likely N-dealkylation sites (N-methyl/N-ethyl adjacent to an activating group) is 1. The second-order valence-electron chi connectivity index (χ2n) is 4.57. The second kappa shape index (κ2) is 7.62. The molecule has 0 radical (unpaired) electrons. The molecule has 2 unspecified atom stereocenters. The molecule has 5 heteroatoms. The summed E-state index contributed by atoms with van der Waals surface area (Å²) < 4.78 is 1.01. The smallest absolute Gasteiger partial charge is 0.231 e. The highest BCUT2D eigenvalue weighted by Crippen LogP contribution is 2.30. The van der Waals surface area contributed by atoms with Crippen LogP contribution < -0.4 is 11.5 Å². The Hall–Kier alpha value is -0.910. The van der Waals surface area contributed by atoms with Gasteiger partial charge in [0.05, 0.1) is 12.6 Å². The third kappa shape index (κ3) is 4.30. The highest BCUT2D eigenvalue weighted by Gasteiger charge is 2.27. The van der Waals surface area contributed by atoms with Gasteiger partial charge < -0.3 is 11.5 Å². The molecule has 4 N–H and O–H groups in total. The molecule has 0 aliphatic rings. The first-order chi connectivity index (χ1) is 9.01. The summed E-state index contributed by atoms with van der Waals surface area (Å²) in [6.45, 7) is 5.00. The molecule has 106 valence electrons. The van der Waals surface area contributed by atoms with Crippen molar-refractivity contribution in [2.75, 3.05) is 13.1 Å². The summed E-state index contributed by atoms with van der Waals surface area (Å²) in [7, 11) is 0. The van der Waals surface area contributed by atoms with Gasteiger partial charge in [-0.1, -0.05) is 48.0 Å². The van der Waals surface area contributed by atoms with Crippen LogP contribution in [0.2, 0.25) is 0 Å². The first-order valence-corrected chi connectivity index (χ1v) is 7.32. The van der Waals surface area contributed by atoms with Crippen molar-refractivity contribution < 1.29 is 4.79 Å². The molecular formula is C14H22BrN3O. The predicted molar refractivity (Wildman–Crippen MR) is 81.6 cm³/mol. The highest BCUT2D eigenvalue weighted by molar-refractivity contribution is 9.10. The second-order valence-corrected chi connectivity index (χ2v) is 5.42. The SMILES string of the molecule is CCC(N)C(c1ccccc1Br)N(CC)CC(N)=O. The number of carbonyl (C=O) groups is 1. The summed E-state index contributed by atoms with van der Waals surface area (Å²) in [5, 5.41) is 0. The number of halogens is 1. The van der Waals surface area contributed by atoms with Crippen molar-refractivity contribution in [1.29, 1.82) is 0 Å². The van der Waals surface area contributed by atoms with Crippen molar-refractivity contribution in [1.82, 2.24) is 4.90 Å². The molecule has 0 aliphatic carbocycles. The van der Waals surface area contributed by atoms with Crippen LogP contribution in [0, 0.1) is 0 Å². The zero-order valence-corrected chi connectivity index (χ0v) is 13.1. The molecule has 19 heavy (non-hydrogen) atoms. The largest absolute Gasteiger partial charge is 0.369 e. The number of carbonyl (C=O) groups excluding carboxylic acids is 1. The predicted octanol–water partition coefficient (Wildman–Crippen LogP) is 2.03. The lowest BCUT2D eigenvalue weighted by atomic mass is 9.96. The van der Waals surface area contributed by atoms with Gasteiger partial charge in [0.25, 0.3) is 0 Å². The fourth-order valence-corrected chi connectivity index (χ4v) is 2.76. The van der Waals surface area contributed by atoms with Crippen molar-refractivity contribution in [3.63, 3.8) is 0 Å². The first-order valence-electron chi connectivity index (χ1n) is 6.53. The van der Waals surface area contributed by atoms with Gasteiger partial charge in [0.2, 0.25) is 5.91 Å². The maximum Gasteiger partial charge on any atom is 0.231 e. The number of benzene rings is 1. The molecule has 1 amide bonds. The van der Waals surface area contributed by atoms with Crippen LogP contribution >= 0.6 is 15.9 Å². The number of nitrogens with zero attached hydrogens (tertiary/aromatic N) is 1. The van der Waals surface area contributed by atoms with Gasteiger partial charge >= 0.3 is 0 Å². The summed E-state index contributed by atoms with van der Waals surface area (Å²) >= 11 is 3.56. The van der Waals surface area contributed by atoms with Gasteiger partial charge in [-0.2, -0.15) is 0 Å². The number of primary amides is 1. The Bertz CT molecular complexity index is 425. The Morgan fingerprint density at radius 2 is 2.00 bits per heavy atom. The van der Waals surface area contributed by atoms with E-state index in [2.05, 4.69) is 15.9 Å². The molecule has 2 atom stereocenters. The van der Waals surface area contributed by atoms with E-state index in [0.29, 0.717) is 0 Å². The molecule has 0 saturated carbocycles. The van der Waals surface area contributed by atoms with Crippen LogP contribution in [0.4, 0.5) is 0 Å². The number of nitrogens with two attached hydrogens (primary N) is 2. The van der Waals surface area contributed by atoms with Crippen molar-refractivity contribution in [2.45, 2.75) is 32.4 Å². The third-order valence-electron chi connectivity index (χ3n) is 3.26. The topological polar surface area (TPSA) is 72.3 Å².